The van der Waals surface area contributed by atoms with Gasteiger partial charge in [-0.1, -0.05) is 0 Å². The molecule has 0 unspecified atom stereocenters. The summed E-state index contributed by atoms with van der Waals surface area (Å²) >= 11 is 0. The fourth-order valence-corrected chi connectivity index (χ4v) is 2.94. The summed E-state index contributed by atoms with van der Waals surface area (Å²) in [7, 11) is 0. The maximum atomic E-state index is 5.41. The van der Waals surface area contributed by atoms with E-state index in [1.54, 1.807) is 0 Å². The largest absolute Gasteiger partial charge is 0.454 e. The zero-order valence-electron chi connectivity index (χ0n) is 14.5. The highest BCUT2D eigenvalue weighted by Gasteiger charge is 2.15. The van der Waals surface area contributed by atoms with Crippen LogP contribution in [0, 0.1) is 6.92 Å². The number of aryl methyl sites for hydroxylation is 1. The van der Waals surface area contributed by atoms with Crippen LogP contribution >= 0.6 is 0 Å². The van der Waals surface area contributed by atoms with E-state index in [2.05, 4.69) is 20.6 Å². The summed E-state index contributed by atoms with van der Waals surface area (Å²) in [5.74, 6) is 4.89. The molecular formula is C19H16N4O4. The first kappa shape index (κ1) is 15.6. The minimum Gasteiger partial charge on any atom is -0.454 e. The maximum Gasteiger partial charge on any atom is 0.231 e. The highest BCUT2D eigenvalue weighted by atomic mass is 16.7. The second-order valence-corrected chi connectivity index (χ2v) is 6.07. The molecule has 0 fully saturated rings. The Morgan fingerprint density at radius 3 is 1.67 bits per heavy atom. The molecule has 136 valence electrons. The van der Waals surface area contributed by atoms with Gasteiger partial charge in [-0.3, -0.25) is 0 Å². The smallest absolute Gasteiger partial charge is 0.231 e. The van der Waals surface area contributed by atoms with E-state index in [1.807, 2.05) is 49.4 Å². The molecule has 3 aromatic rings. The van der Waals surface area contributed by atoms with Gasteiger partial charge in [0.25, 0.3) is 0 Å². The van der Waals surface area contributed by atoms with Crippen LogP contribution < -0.4 is 29.6 Å². The van der Waals surface area contributed by atoms with E-state index in [-0.39, 0.29) is 13.6 Å². The van der Waals surface area contributed by atoms with Crippen molar-refractivity contribution in [2.45, 2.75) is 6.92 Å². The Morgan fingerprint density at radius 1 is 0.667 bits per heavy atom. The number of fused-ring (bicyclic) bond motifs is 2. The topological polar surface area (TPSA) is 86.8 Å². The number of ether oxygens (including phenoxy) is 4. The average Bonchev–Trinajstić information content (AvgIpc) is 3.29. The molecule has 0 saturated heterocycles. The Hall–Kier alpha value is -3.68. The van der Waals surface area contributed by atoms with Gasteiger partial charge >= 0.3 is 0 Å². The third-order valence-electron chi connectivity index (χ3n) is 4.13. The predicted molar refractivity (Wildman–Crippen MR) is 98.5 cm³/mol. The van der Waals surface area contributed by atoms with Crippen LogP contribution in [0.15, 0.2) is 42.5 Å². The van der Waals surface area contributed by atoms with Crippen molar-refractivity contribution in [2.75, 3.05) is 24.2 Å². The molecular weight excluding hydrogens is 348 g/mol. The molecule has 2 aliphatic heterocycles. The number of rotatable bonds is 4. The van der Waals surface area contributed by atoms with Gasteiger partial charge in [-0.05, 0) is 31.2 Å². The number of aromatic nitrogens is 2. The first-order valence-electron chi connectivity index (χ1n) is 8.42. The van der Waals surface area contributed by atoms with Crippen LogP contribution in [0.25, 0.3) is 0 Å². The average molecular weight is 364 g/mol. The van der Waals surface area contributed by atoms with Gasteiger partial charge in [0.05, 0.1) is 0 Å². The number of benzene rings is 2. The van der Waals surface area contributed by atoms with Crippen molar-refractivity contribution in [3.8, 4) is 23.0 Å². The lowest BCUT2D eigenvalue weighted by Crippen LogP contribution is -2.01. The molecule has 2 aliphatic rings. The lowest BCUT2D eigenvalue weighted by Gasteiger charge is -2.11. The third kappa shape index (κ3) is 3.12. The first-order chi connectivity index (χ1) is 13.2. The maximum absolute atomic E-state index is 5.41. The van der Waals surface area contributed by atoms with Crippen molar-refractivity contribution >= 4 is 23.0 Å². The molecule has 2 N–H and O–H groups in total. The molecule has 5 rings (SSSR count). The first-order valence-corrected chi connectivity index (χ1v) is 8.42. The van der Waals surface area contributed by atoms with E-state index < -0.39 is 0 Å². The summed E-state index contributed by atoms with van der Waals surface area (Å²) in [4.78, 5) is 8.89. The number of anilines is 4. The quantitative estimate of drug-likeness (QED) is 0.724. The molecule has 0 spiro atoms. The van der Waals surface area contributed by atoms with Crippen LogP contribution in [0.2, 0.25) is 0 Å². The Labute approximate surface area is 155 Å². The molecule has 0 radical (unpaired) electrons. The van der Waals surface area contributed by atoms with Crippen molar-refractivity contribution in [3.63, 3.8) is 0 Å². The monoisotopic (exact) mass is 364 g/mol. The van der Waals surface area contributed by atoms with Crippen LogP contribution in [0.3, 0.4) is 0 Å². The fraction of sp³-hybridized carbons (Fsp3) is 0.158. The normalized spacial score (nSPS) is 13.5. The van der Waals surface area contributed by atoms with Crippen molar-refractivity contribution in [1.29, 1.82) is 0 Å². The molecule has 0 atom stereocenters. The summed E-state index contributed by atoms with van der Waals surface area (Å²) in [6.07, 6.45) is 0. The number of nitrogens with zero attached hydrogens (tertiary/aromatic N) is 2. The molecule has 0 aliphatic carbocycles. The zero-order valence-corrected chi connectivity index (χ0v) is 14.5. The Bertz CT molecular complexity index is 947. The number of nitrogens with one attached hydrogen (secondary N) is 2. The van der Waals surface area contributed by atoms with Crippen LogP contribution in [-0.2, 0) is 0 Å². The van der Waals surface area contributed by atoms with Gasteiger partial charge < -0.3 is 29.6 Å². The predicted octanol–water partition coefficient (Wildman–Crippen LogP) is 3.73. The SMILES string of the molecule is Cc1nc(Nc2ccc3c(c2)OCO3)cc(Nc2ccc3c(c2)OCO3)n1. The van der Waals surface area contributed by atoms with Crippen LogP contribution in [-0.4, -0.2) is 23.6 Å². The van der Waals surface area contributed by atoms with E-state index in [9.17, 15) is 0 Å². The lowest BCUT2D eigenvalue weighted by atomic mass is 10.2. The van der Waals surface area contributed by atoms with Gasteiger partial charge in [-0.15, -0.1) is 0 Å². The minimum absolute atomic E-state index is 0.245. The second kappa shape index (κ2) is 6.24. The van der Waals surface area contributed by atoms with E-state index >= 15 is 0 Å². The highest BCUT2D eigenvalue weighted by Crippen LogP contribution is 2.36. The van der Waals surface area contributed by atoms with Gasteiger partial charge in [0, 0.05) is 29.6 Å². The van der Waals surface area contributed by atoms with Crippen LogP contribution in [0.5, 0.6) is 23.0 Å². The Morgan fingerprint density at radius 2 is 1.15 bits per heavy atom. The molecule has 8 nitrogen and oxygen atoms in total. The highest BCUT2D eigenvalue weighted by molar-refractivity contribution is 5.67. The molecule has 2 aromatic carbocycles. The zero-order chi connectivity index (χ0) is 18.2. The van der Waals surface area contributed by atoms with Crippen molar-refractivity contribution in [2.24, 2.45) is 0 Å². The fourth-order valence-electron chi connectivity index (χ4n) is 2.94. The van der Waals surface area contributed by atoms with E-state index in [0.29, 0.717) is 29.0 Å². The Balaban J connectivity index is 1.38. The standard InChI is InChI=1S/C19H16N4O4/c1-11-20-18(22-12-2-4-14-16(6-12)26-9-24-14)8-19(21-11)23-13-3-5-15-17(7-13)27-10-25-15/h2-8H,9-10H2,1H3,(H2,20,21,22,23). The molecule has 3 heterocycles. The van der Waals surface area contributed by atoms with Crippen molar-refractivity contribution in [3.05, 3.63) is 48.3 Å². The van der Waals surface area contributed by atoms with Gasteiger partial charge in [0.1, 0.15) is 17.5 Å². The van der Waals surface area contributed by atoms with Crippen LogP contribution in [0.1, 0.15) is 5.82 Å². The molecule has 0 amide bonds. The van der Waals surface area contributed by atoms with Gasteiger partial charge in [-0.2, -0.15) is 0 Å². The lowest BCUT2D eigenvalue weighted by molar-refractivity contribution is 0.173. The number of hydrogen-bond donors (Lipinski definition) is 2. The molecule has 1 aromatic heterocycles. The van der Waals surface area contributed by atoms with Gasteiger partial charge in [0.15, 0.2) is 23.0 Å². The summed E-state index contributed by atoms with van der Waals surface area (Å²) in [5.41, 5.74) is 1.71. The summed E-state index contributed by atoms with van der Waals surface area (Å²) < 4.78 is 21.5. The molecule has 27 heavy (non-hydrogen) atoms. The summed E-state index contributed by atoms with van der Waals surface area (Å²) in [6.45, 7) is 2.33. The van der Waals surface area contributed by atoms with E-state index in [1.165, 1.54) is 0 Å². The molecule has 8 heteroatoms. The summed E-state index contributed by atoms with van der Waals surface area (Å²) in [6, 6.07) is 13.2. The van der Waals surface area contributed by atoms with Gasteiger partial charge in [-0.25, -0.2) is 9.97 Å². The summed E-state index contributed by atoms with van der Waals surface area (Å²) in [5, 5.41) is 6.54. The van der Waals surface area contributed by atoms with Crippen LogP contribution in [0.4, 0.5) is 23.0 Å². The van der Waals surface area contributed by atoms with Crippen molar-refractivity contribution in [1.82, 2.24) is 9.97 Å². The van der Waals surface area contributed by atoms with E-state index in [0.717, 1.165) is 22.9 Å². The van der Waals surface area contributed by atoms with Crippen molar-refractivity contribution < 1.29 is 18.9 Å². The van der Waals surface area contributed by atoms with Gasteiger partial charge in [0.2, 0.25) is 13.6 Å². The molecule has 0 bridgehead atoms. The third-order valence-corrected chi connectivity index (χ3v) is 4.13. The second-order valence-electron chi connectivity index (χ2n) is 6.07. The Kier molecular flexibility index (Phi) is 3.60. The number of hydrogen-bond acceptors (Lipinski definition) is 8. The minimum atomic E-state index is 0.245. The van der Waals surface area contributed by atoms with E-state index in [4.69, 9.17) is 18.9 Å². The molecule has 0 saturated carbocycles.